The van der Waals surface area contributed by atoms with Crippen LogP contribution in [0.25, 0.3) is 0 Å². The number of amides is 1. The van der Waals surface area contributed by atoms with Gasteiger partial charge in [-0.1, -0.05) is 18.2 Å². The number of rotatable bonds is 2. The third-order valence-electron chi connectivity index (χ3n) is 4.17. The van der Waals surface area contributed by atoms with Crippen LogP contribution in [0.3, 0.4) is 0 Å². The molecule has 26 heavy (non-hydrogen) atoms. The van der Waals surface area contributed by atoms with E-state index in [1.807, 2.05) is 0 Å². The maximum atomic E-state index is 12.9. The largest absolute Gasteiger partial charge is 0.416 e. The first-order chi connectivity index (χ1) is 12.0. The number of anilines is 1. The number of benzene rings is 2. The second-order valence-corrected chi connectivity index (χ2v) is 5.85. The Morgan fingerprint density at radius 2 is 1.42 bits per heavy atom. The Kier molecular flexibility index (Phi) is 4.22. The molecule has 2 aromatic carbocycles. The van der Waals surface area contributed by atoms with E-state index in [0.717, 1.165) is 35.2 Å². The normalized spacial score (nSPS) is 20.9. The number of alkyl halides is 6. The number of hydrogen-bond acceptors (Lipinski definition) is 2. The highest BCUT2D eigenvalue weighted by molar-refractivity contribution is 6.05. The van der Waals surface area contributed by atoms with Crippen molar-refractivity contribution >= 4 is 11.6 Å². The van der Waals surface area contributed by atoms with Crippen molar-refractivity contribution < 1.29 is 31.1 Å². The van der Waals surface area contributed by atoms with E-state index in [9.17, 15) is 31.1 Å². The van der Waals surface area contributed by atoms with Crippen molar-refractivity contribution in [1.29, 1.82) is 0 Å². The molecule has 0 saturated carbocycles. The molecule has 0 aliphatic carbocycles. The molecule has 1 aliphatic heterocycles. The molecule has 138 valence electrons. The molecule has 2 N–H and O–H groups in total. The number of carbonyl (C=O) groups excluding carboxylic acids is 1. The summed E-state index contributed by atoms with van der Waals surface area (Å²) in [6.07, 6.45) is -9.10. The second kappa shape index (κ2) is 6.01. The van der Waals surface area contributed by atoms with E-state index in [1.165, 1.54) is 18.2 Å². The molecular weight excluding hydrogens is 362 g/mol. The van der Waals surface area contributed by atoms with E-state index >= 15 is 0 Å². The van der Waals surface area contributed by atoms with Gasteiger partial charge in [-0.15, -0.1) is 0 Å². The van der Waals surface area contributed by atoms with Crippen LogP contribution in [0.4, 0.5) is 32.0 Å². The Morgan fingerprint density at radius 3 is 1.96 bits per heavy atom. The van der Waals surface area contributed by atoms with Crippen LogP contribution in [-0.2, 0) is 17.1 Å². The molecule has 1 heterocycles. The molecule has 1 saturated heterocycles. The lowest BCUT2D eigenvalue weighted by Crippen LogP contribution is -2.63. The fourth-order valence-electron chi connectivity index (χ4n) is 2.86. The second-order valence-electron chi connectivity index (χ2n) is 5.85. The molecule has 0 bridgehead atoms. The number of halogens is 6. The van der Waals surface area contributed by atoms with E-state index in [0.29, 0.717) is 5.56 Å². The predicted octanol–water partition coefficient (Wildman–Crippen LogP) is 4.14. The van der Waals surface area contributed by atoms with Gasteiger partial charge in [-0.05, 0) is 35.9 Å². The van der Waals surface area contributed by atoms with Crippen molar-refractivity contribution in [2.45, 2.75) is 24.4 Å². The van der Waals surface area contributed by atoms with Gasteiger partial charge in [0.2, 0.25) is 5.91 Å². The highest BCUT2D eigenvalue weighted by atomic mass is 19.4. The van der Waals surface area contributed by atoms with Crippen LogP contribution in [0.15, 0.2) is 48.5 Å². The van der Waals surface area contributed by atoms with Crippen LogP contribution in [0.2, 0.25) is 0 Å². The molecule has 3 nitrogen and oxygen atoms in total. The Bertz CT molecular complexity index is 828. The molecular formula is C17H12F6N2O. The van der Waals surface area contributed by atoms with Gasteiger partial charge >= 0.3 is 12.4 Å². The molecule has 1 aliphatic rings. The maximum absolute atomic E-state index is 12.9. The van der Waals surface area contributed by atoms with Gasteiger partial charge in [0, 0.05) is 5.69 Å². The first-order valence-corrected chi connectivity index (χ1v) is 7.43. The van der Waals surface area contributed by atoms with Crippen LogP contribution in [0.5, 0.6) is 0 Å². The van der Waals surface area contributed by atoms with Crippen LogP contribution in [-0.4, -0.2) is 11.9 Å². The van der Waals surface area contributed by atoms with E-state index < -0.39 is 41.5 Å². The summed E-state index contributed by atoms with van der Waals surface area (Å²) in [4.78, 5) is 13.1. The molecule has 2 atom stereocenters. The van der Waals surface area contributed by atoms with Gasteiger partial charge in [-0.2, -0.15) is 26.3 Å². The van der Waals surface area contributed by atoms with Crippen molar-refractivity contribution in [1.82, 2.24) is 0 Å². The lowest BCUT2D eigenvalue weighted by atomic mass is 9.87. The minimum Gasteiger partial charge on any atom is -0.318 e. The van der Waals surface area contributed by atoms with Crippen molar-refractivity contribution in [3.05, 3.63) is 65.2 Å². The van der Waals surface area contributed by atoms with Gasteiger partial charge in [0.1, 0.15) is 6.04 Å². The minimum absolute atomic E-state index is 0.0172. The van der Waals surface area contributed by atoms with Gasteiger partial charge in [-0.3, -0.25) is 4.79 Å². The first kappa shape index (κ1) is 18.2. The summed E-state index contributed by atoms with van der Waals surface area (Å²) in [6, 6.07) is 6.27. The van der Waals surface area contributed by atoms with E-state index in [-0.39, 0.29) is 5.69 Å². The minimum atomic E-state index is -4.59. The van der Waals surface area contributed by atoms with Gasteiger partial charge in [0.15, 0.2) is 0 Å². The summed E-state index contributed by atoms with van der Waals surface area (Å²) < 4.78 is 76.6. The van der Waals surface area contributed by atoms with Crippen molar-refractivity contribution in [3.8, 4) is 0 Å². The van der Waals surface area contributed by atoms with Crippen molar-refractivity contribution in [2.75, 3.05) is 4.90 Å². The molecule has 2 aromatic rings. The molecule has 9 heteroatoms. The third-order valence-corrected chi connectivity index (χ3v) is 4.17. The van der Waals surface area contributed by atoms with E-state index in [2.05, 4.69) is 0 Å². The number of carbonyl (C=O) groups is 1. The molecule has 0 aromatic heterocycles. The molecule has 0 radical (unpaired) electrons. The fraction of sp³-hybridized carbons (Fsp3) is 0.235. The Labute approximate surface area is 144 Å². The van der Waals surface area contributed by atoms with Crippen LogP contribution >= 0.6 is 0 Å². The zero-order valence-electron chi connectivity index (χ0n) is 13.0. The fourth-order valence-corrected chi connectivity index (χ4v) is 2.86. The van der Waals surface area contributed by atoms with E-state index in [1.54, 1.807) is 0 Å². The summed E-state index contributed by atoms with van der Waals surface area (Å²) >= 11 is 0. The lowest BCUT2D eigenvalue weighted by Gasteiger charge is -2.45. The number of nitrogens with zero attached hydrogens (tertiary/aromatic N) is 1. The topological polar surface area (TPSA) is 46.3 Å². The quantitative estimate of drug-likeness (QED) is 0.634. The van der Waals surface area contributed by atoms with Crippen LogP contribution in [0.1, 0.15) is 22.7 Å². The molecule has 1 amide bonds. The lowest BCUT2D eigenvalue weighted by molar-refractivity contribution is -0.138. The summed E-state index contributed by atoms with van der Waals surface area (Å²) in [5, 5.41) is 0. The standard InChI is InChI=1S/C17H12F6N2O/c18-16(19,20)10-6-4-9(5-7-10)14-13(24)15(26)25(14)12-3-1-2-11(8-12)17(21,22)23/h1-8,13-14H,24H2. The Morgan fingerprint density at radius 1 is 0.846 bits per heavy atom. The molecule has 1 fully saturated rings. The van der Waals surface area contributed by atoms with E-state index in [4.69, 9.17) is 5.73 Å². The average Bonchev–Trinajstić information content (AvgIpc) is 2.57. The van der Waals surface area contributed by atoms with Gasteiger partial charge in [-0.25, -0.2) is 0 Å². The highest BCUT2D eigenvalue weighted by Gasteiger charge is 2.47. The Hall–Kier alpha value is -2.55. The number of hydrogen-bond donors (Lipinski definition) is 1. The third kappa shape index (κ3) is 3.14. The summed E-state index contributed by atoms with van der Waals surface area (Å²) in [7, 11) is 0. The van der Waals surface area contributed by atoms with Crippen LogP contribution in [0, 0.1) is 0 Å². The molecule has 2 unspecified atom stereocenters. The average molecular weight is 374 g/mol. The van der Waals surface area contributed by atoms with Crippen LogP contribution < -0.4 is 10.6 Å². The molecule has 0 spiro atoms. The highest BCUT2D eigenvalue weighted by Crippen LogP contribution is 2.41. The summed E-state index contributed by atoms with van der Waals surface area (Å²) in [6.45, 7) is 0. The maximum Gasteiger partial charge on any atom is 0.416 e. The zero-order chi connectivity index (χ0) is 19.3. The smallest absolute Gasteiger partial charge is 0.318 e. The van der Waals surface area contributed by atoms with Crippen molar-refractivity contribution in [2.24, 2.45) is 5.73 Å². The van der Waals surface area contributed by atoms with Gasteiger partial charge in [0.05, 0.1) is 17.2 Å². The first-order valence-electron chi connectivity index (χ1n) is 7.43. The monoisotopic (exact) mass is 374 g/mol. The van der Waals surface area contributed by atoms with Gasteiger partial charge < -0.3 is 10.6 Å². The number of β-lactam (4-membered cyclic amide) rings is 1. The summed E-state index contributed by atoms with van der Waals surface area (Å²) in [5.74, 6) is -0.603. The van der Waals surface area contributed by atoms with Gasteiger partial charge in [0.25, 0.3) is 0 Å². The van der Waals surface area contributed by atoms with Crippen molar-refractivity contribution in [3.63, 3.8) is 0 Å². The SMILES string of the molecule is NC1C(=O)N(c2cccc(C(F)(F)F)c2)C1c1ccc(C(F)(F)F)cc1. The Balaban J connectivity index is 1.94. The zero-order valence-corrected chi connectivity index (χ0v) is 13.0. The predicted molar refractivity (Wildman–Crippen MR) is 81.1 cm³/mol. The number of nitrogens with two attached hydrogens (primary N) is 1. The molecule has 3 rings (SSSR count). The summed E-state index contributed by atoms with van der Waals surface area (Å²) in [5.41, 5.74) is 4.22.